The molecule has 41 heavy (non-hydrogen) atoms. The maximum absolute atomic E-state index is 7.21. The van der Waals surface area contributed by atoms with Crippen LogP contribution in [0.25, 0.3) is 21.5 Å². The first-order valence-corrected chi connectivity index (χ1v) is 15.6. The number of fused-ring (bicyclic) bond motifs is 6. The van der Waals surface area contributed by atoms with Crippen LogP contribution in [0.4, 0.5) is 0 Å². The van der Waals surface area contributed by atoms with E-state index >= 15 is 0 Å². The number of benzene rings is 5. The van der Waals surface area contributed by atoms with Crippen molar-refractivity contribution in [2.75, 3.05) is 0 Å². The van der Waals surface area contributed by atoms with Crippen molar-refractivity contribution in [2.45, 2.75) is 89.0 Å². The third-order valence-electron chi connectivity index (χ3n) is 10.9. The molecule has 0 N–H and O–H groups in total. The maximum atomic E-state index is 7.21. The molecule has 0 aliphatic carbocycles. The summed E-state index contributed by atoms with van der Waals surface area (Å²) in [5.74, 6) is 2.13. The molecule has 0 atom stereocenters. The molecule has 0 radical (unpaired) electrons. The quantitative estimate of drug-likeness (QED) is 0.181. The Labute approximate surface area is 254 Å². The number of ether oxygens (including phenoxy) is 1. The molecule has 0 saturated carbocycles. The van der Waals surface area contributed by atoms with Crippen molar-refractivity contribution in [1.29, 1.82) is 0 Å². The Balaban J connectivity index is 1.93. The summed E-state index contributed by atoms with van der Waals surface area (Å²) in [7, 11) is 0. The first-order valence-electron chi connectivity index (χ1n) is 14.8. The van der Waals surface area contributed by atoms with E-state index in [-0.39, 0.29) is 5.92 Å². The van der Waals surface area contributed by atoms with Gasteiger partial charge in [0.15, 0.2) is 0 Å². The summed E-state index contributed by atoms with van der Waals surface area (Å²) >= 11 is 3.71. The fourth-order valence-corrected chi connectivity index (χ4v) is 7.90. The molecule has 6 rings (SSSR count). The minimum absolute atomic E-state index is 0.0471. The van der Waals surface area contributed by atoms with Crippen molar-refractivity contribution in [2.24, 2.45) is 0 Å². The van der Waals surface area contributed by atoms with Crippen molar-refractivity contribution in [3.05, 3.63) is 112 Å². The van der Waals surface area contributed by atoms with Crippen LogP contribution in [0.3, 0.4) is 0 Å². The van der Waals surface area contributed by atoms with Crippen LogP contribution in [0.1, 0.15) is 89.4 Å². The molecule has 5 aromatic rings. The van der Waals surface area contributed by atoms with E-state index in [2.05, 4.69) is 123 Å². The Kier molecular flexibility index (Phi) is 6.47. The Morgan fingerprint density at radius 3 is 1.10 bits per heavy atom. The summed E-state index contributed by atoms with van der Waals surface area (Å²) in [6.07, 6.45) is 0. The second-order valence-corrected chi connectivity index (χ2v) is 13.5. The van der Waals surface area contributed by atoms with Crippen LogP contribution >= 0.6 is 15.9 Å². The van der Waals surface area contributed by atoms with E-state index in [9.17, 15) is 0 Å². The minimum atomic E-state index is 0.0471. The third kappa shape index (κ3) is 3.65. The lowest BCUT2D eigenvalue weighted by molar-refractivity contribution is 0.448. The topological polar surface area (TPSA) is 9.23 Å². The van der Waals surface area contributed by atoms with Crippen LogP contribution < -0.4 is 4.74 Å². The van der Waals surface area contributed by atoms with Gasteiger partial charge < -0.3 is 4.74 Å². The summed E-state index contributed by atoms with van der Waals surface area (Å²) in [6.45, 7) is 27.4. The Hall–Kier alpha value is -3.10. The zero-order chi connectivity index (χ0) is 29.8. The van der Waals surface area contributed by atoms with Gasteiger partial charge in [-0.3, -0.25) is 0 Å². The predicted molar refractivity (Wildman–Crippen MR) is 180 cm³/mol. The molecule has 1 aliphatic rings. The van der Waals surface area contributed by atoms with Gasteiger partial charge in [-0.1, -0.05) is 28.1 Å². The SMILES string of the molecule is Cc1c(C)c(C)c2c3c(c(C)c(C)c2c1C)Oc1c(C)c(C)c2c(C)c(C)c(C)c(C)c2c1C3c1ccc(Br)cc1. The van der Waals surface area contributed by atoms with Crippen molar-refractivity contribution >= 4 is 37.5 Å². The van der Waals surface area contributed by atoms with Gasteiger partial charge in [-0.15, -0.1) is 0 Å². The number of rotatable bonds is 1. The first-order chi connectivity index (χ1) is 19.3. The van der Waals surface area contributed by atoms with Crippen molar-refractivity contribution in [1.82, 2.24) is 0 Å². The fourth-order valence-electron chi connectivity index (χ4n) is 7.63. The molecule has 5 aromatic carbocycles. The average molecular weight is 606 g/mol. The summed E-state index contributed by atoms with van der Waals surface area (Å²) in [5.41, 5.74) is 20.1. The van der Waals surface area contributed by atoms with Crippen LogP contribution in [0, 0.1) is 83.1 Å². The molecule has 0 spiro atoms. The van der Waals surface area contributed by atoms with Gasteiger partial charge in [-0.2, -0.15) is 0 Å². The van der Waals surface area contributed by atoms with E-state index in [0.29, 0.717) is 0 Å². The molecule has 2 heteroatoms. The largest absolute Gasteiger partial charge is 0.456 e. The fraction of sp³-hybridized carbons (Fsp3) is 0.333. The summed E-state index contributed by atoms with van der Waals surface area (Å²) in [6, 6.07) is 9.00. The molecule has 1 nitrogen and oxygen atoms in total. The normalized spacial score (nSPS) is 13.1. The van der Waals surface area contributed by atoms with Gasteiger partial charge in [0.05, 0.1) is 0 Å². The lowest BCUT2D eigenvalue weighted by Crippen LogP contribution is -2.18. The van der Waals surface area contributed by atoms with Gasteiger partial charge in [0.1, 0.15) is 11.5 Å². The highest BCUT2D eigenvalue weighted by atomic mass is 79.9. The monoisotopic (exact) mass is 604 g/mol. The molecule has 210 valence electrons. The Bertz CT molecular complexity index is 1850. The number of aryl methyl sites for hydroxylation is 6. The van der Waals surface area contributed by atoms with Crippen LogP contribution in [0.2, 0.25) is 0 Å². The standard InChI is InChI=1S/C39H41BrO/c1-17-19(3)23(7)33-31(21(17)5)25(9)27(11)38-36(33)35(29-13-15-30(40)16-14-29)37-34-24(8)20(4)18(2)22(6)32(34)26(10)28(12)39(37)41-38/h13-16,35H,1-12H3. The van der Waals surface area contributed by atoms with Gasteiger partial charge in [0.2, 0.25) is 0 Å². The maximum Gasteiger partial charge on any atom is 0.135 e. The molecule has 0 bridgehead atoms. The lowest BCUT2D eigenvalue weighted by atomic mass is 9.72. The molecular formula is C39H41BrO. The van der Waals surface area contributed by atoms with Crippen LogP contribution in [0.5, 0.6) is 11.5 Å². The second-order valence-electron chi connectivity index (χ2n) is 12.6. The first kappa shape index (κ1) is 28.0. The van der Waals surface area contributed by atoms with Crippen molar-refractivity contribution in [3.63, 3.8) is 0 Å². The van der Waals surface area contributed by atoms with E-state index in [1.165, 1.54) is 105 Å². The van der Waals surface area contributed by atoms with Crippen LogP contribution in [-0.4, -0.2) is 0 Å². The molecule has 0 saturated heterocycles. The highest BCUT2D eigenvalue weighted by molar-refractivity contribution is 9.10. The van der Waals surface area contributed by atoms with E-state index in [4.69, 9.17) is 4.74 Å². The van der Waals surface area contributed by atoms with E-state index < -0.39 is 0 Å². The molecule has 0 unspecified atom stereocenters. The second kappa shape index (κ2) is 9.46. The molecule has 0 aromatic heterocycles. The van der Waals surface area contributed by atoms with Gasteiger partial charge in [0, 0.05) is 21.5 Å². The van der Waals surface area contributed by atoms with Gasteiger partial charge >= 0.3 is 0 Å². The van der Waals surface area contributed by atoms with Crippen LogP contribution in [-0.2, 0) is 0 Å². The van der Waals surface area contributed by atoms with Gasteiger partial charge in [-0.05, 0) is 189 Å². The minimum Gasteiger partial charge on any atom is -0.456 e. The smallest absolute Gasteiger partial charge is 0.135 e. The zero-order valence-corrected chi connectivity index (χ0v) is 28.3. The van der Waals surface area contributed by atoms with Crippen molar-refractivity contribution < 1.29 is 4.74 Å². The highest BCUT2D eigenvalue weighted by Crippen LogP contribution is 2.57. The van der Waals surface area contributed by atoms with E-state index in [1.807, 2.05) is 0 Å². The van der Waals surface area contributed by atoms with Gasteiger partial charge in [0.25, 0.3) is 0 Å². The molecule has 1 heterocycles. The number of hydrogen-bond donors (Lipinski definition) is 0. The molecule has 1 aliphatic heterocycles. The highest BCUT2D eigenvalue weighted by Gasteiger charge is 2.37. The summed E-state index contributed by atoms with van der Waals surface area (Å²) < 4.78 is 8.31. The average Bonchev–Trinajstić information content (AvgIpc) is 2.95. The summed E-state index contributed by atoms with van der Waals surface area (Å²) in [4.78, 5) is 0. The number of hydrogen-bond acceptors (Lipinski definition) is 1. The molecule has 0 fully saturated rings. The lowest BCUT2D eigenvalue weighted by Gasteiger charge is -2.36. The van der Waals surface area contributed by atoms with Gasteiger partial charge in [-0.25, -0.2) is 0 Å². The van der Waals surface area contributed by atoms with Crippen molar-refractivity contribution in [3.8, 4) is 11.5 Å². The zero-order valence-electron chi connectivity index (χ0n) is 26.7. The van der Waals surface area contributed by atoms with E-state index in [0.717, 1.165) is 16.0 Å². The van der Waals surface area contributed by atoms with Crippen LogP contribution in [0.15, 0.2) is 28.7 Å². The third-order valence-corrected chi connectivity index (χ3v) is 11.5. The van der Waals surface area contributed by atoms with E-state index in [1.54, 1.807) is 0 Å². The summed E-state index contributed by atoms with van der Waals surface area (Å²) in [5, 5.41) is 5.52. The molecule has 0 amide bonds. The Morgan fingerprint density at radius 2 is 0.732 bits per heavy atom. The molecular weight excluding hydrogens is 564 g/mol. The predicted octanol–water partition coefficient (Wildman–Crippen LogP) is 11.7. The Morgan fingerprint density at radius 1 is 0.415 bits per heavy atom. The number of halogens is 1.